The van der Waals surface area contributed by atoms with Gasteiger partial charge in [-0.25, -0.2) is 0 Å². The molecule has 0 spiro atoms. The second-order valence-corrected chi connectivity index (χ2v) is 14.7. The van der Waals surface area contributed by atoms with Crippen LogP contribution >= 0.6 is 0 Å². The zero-order chi connectivity index (χ0) is 42.1. The predicted molar refractivity (Wildman–Crippen MR) is 218 cm³/mol. The predicted octanol–water partition coefficient (Wildman–Crippen LogP) is 6.85. The van der Waals surface area contributed by atoms with Crippen LogP contribution in [0.2, 0.25) is 0 Å². The second kappa shape index (κ2) is 18.9. The number of ether oxygens (including phenoxy) is 2. The first-order valence-corrected chi connectivity index (χ1v) is 19.2. The smallest absolute Gasteiger partial charge is 0.416 e. The molecule has 0 bridgehead atoms. The molecule has 0 aliphatic carbocycles. The minimum Gasteiger partial charge on any atom is -0.494 e. The third kappa shape index (κ3) is 11.4. The summed E-state index contributed by atoms with van der Waals surface area (Å²) < 4.78 is 52.0. The number of nitrogens with two attached hydrogens (primary N) is 1. The van der Waals surface area contributed by atoms with E-state index in [-0.39, 0.29) is 31.7 Å². The van der Waals surface area contributed by atoms with Crippen LogP contribution in [0.5, 0.6) is 11.5 Å². The minimum atomic E-state index is -4.60. The highest BCUT2D eigenvalue weighted by atomic mass is 19.4. The molecule has 11 nitrogen and oxygen atoms in total. The zero-order valence-electron chi connectivity index (χ0n) is 32.8. The number of rotatable bonds is 17. The molecule has 14 heteroatoms. The number of fused-ring (bicyclic) bond motifs is 2. The zero-order valence-corrected chi connectivity index (χ0v) is 32.8. The average molecular weight is 810 g/mol. The molecule has 1 aliphatic rings. The molecular formula is C45H46F3N5O6. The second-order valence-electron chi connectivity index (χ2n) is 14.7. The van der Waals surface area contributed by atoms with Crippen LogP contribution < -0.4 is 20.5 Å². The number of benzene rings is 5. The molecule has 5 aromatic carbocycles. The summed E-state index contributed by atoms with van der Waals surface area (Å²) in [4.78, 5) is 57.8. The van der Waals surface area contributed by atoms with Crippen LogP contribution in [0.4, 0.5) is 18.9 Å². The lowest BCUT2D eigenvalue weighted by Gasteiger charge is -2.37. The number of alkyl halides is 3. The Morgan fingerprint density at radius 3 is 2.34 bits per heavy atom. The maximum absolute atomic E-state index is 14.4. The maximum Gasteiger partial charge on any atom is 0.416 e. The van der Waals surface area contributed by atoms with Crippen molar-refractivity contribution in [2.45, 2.75) is 38.0 Å². The number of primary amides is 1. The van der Waals surface area contributed by atoms with Gasteiger partial charge in [0.2, 0.25) is 11.8 Å². The van der Waals surface area contributed by atoms with Crippen LogP contribution in [-0.2, 0) is 33.5 Å². The Balaban J connectivity index is 1.19. The Labute approximate surface area is 340 Å². The van der Waals surface area contributed by atoms with Crippen molar-refractivity contribution < 1.29 is 41.8 Å². The van der Waals surface area contributed by atoms with Crippen LogP contribution in [0, 0.1) is 0 Å². The number of carbonyl (C=O) groups excluding carboxylic acids is 4. The molecule has 5 aromatic rings. The van der Waals surface area contributed by atoms with E-state index < -0.39 is 48.0 Å². The van der Waals surface area contributed by atoms with Gasteiger partial charge in [0, 0.05) is 37.3 Å². The number of halogens is 3. The first-order chi connectivity index (χ1) is 28.2. The summed E-state index contributed by atoms with van der Waals surface area (Å²) in [6.07, 6.45) is -3.63. The Morgan fingerprint density at radius 2 is 1.61 bits per heavy atom. The molecule has 6 rings (SSSR count). The summed E-state index contributed by atoms with van der Waals surface area (Å²) >= 11 is 0. The van der Waals surface area contributed by atoms with Crippen molar-refractivity contribution in [1.29, 1.82) is 0 Å². The quantitative estimate of drug-likeness (QED) is 0.0982. The summed E-state index contributed by atoms with van der Waals surface area (Å²) in [5.74, 6) is -1.04. The number of hydrogen-bond donors (Lipinski definition) is 2. The van der Waals surface area contributed by atoms with Crippen molar-refractivity contribution in [1.82, 2.24) is 14.7 Å². The van der Waals surface area contributed by atoms with Gasteiger partial charge >= 0.3 is 6.18 Å². The highest BCUT2D eigenvalue weighted by Crippen LogP contribution is 2.36. The Bertz CT molecular complexity index is 2300. The van der Waals surface area contributed by atoms with Gasteiger partial charge in [-0.2, -0.15) is 13.2 Å². The molecule has 308 valence electrons. The highest BCUT2D eigenvalue weighted by Gasteiger charge is 2.35. The van der Waals surface area contributed by atoms with Gasteiger partial charge in [-0.15, -0.1) is 0 Å². The summed E-state index contributed by atoms with van der Waals surface area (Å²) in [7, 11) is 3.98. The molecule has 1 atom stereocenters. The van der Waals surface area contributed by atoms with Crippen molar-refractivity contribution in [2.75, 3.05) is 52.3 Å². The molecule has 4 amide bonds. The molecule has 0 radical (unpaired) electrons. The molecule has 0 saturated heterocycles. The van der Waals surface area contributed by atoms with E-state index >= 15 is 0 Å². The van der Waals surface area contributed by atoms with Gasteiger partial charge in [-0.3, -0.25) is 19.2 Å². The topological polar surface area (TPSA) is 135 Å². The van der Waals surface area contributed by atoms with Crippen LogP contribution in [0.1, 0.15) is 51.5 Å². The lowest BCUT2D eigenvalue weighted by Crippen LogP contribution is -2.44. The Hall–Kier alpha value is -6.41. The number of amides is 4. The molecule has 1 heterocycles. The van der Waals surface area contributed by atoms with Crippen LogP contribution in [0.15, 0.2) is 109 Å². The molecule has 1 aliphatic heterocycles. The Morgan fingerprint density at radius 1 is 0.864 bits per heavy atom. The number of nitrogens with zero attached hydrogens (tertiary/aromatic N) is 3. The van der Waals surface area contributed by atoms with Crippen molar-refractivity contribution in [3.8, 4) is 11.5 Å². The molecule has 0 saturated carbocycles. The fourth-order valence-corrected chi connectivity index (χ4v) is 7.02. The van der Waals surface area contributed by atoms with Crippen molar-refractivity contribution >= 4 is 40.1 Å². The largest absolute Gasteiger partial charge is 0.494 e. The first kappa shape index (κ1) is 42.2. The summed E-state index contributed by atoms with van der Waals surface area (Å²) in [5.41, 5.74) is 6.96. The maximum atomic E-state index is 14.4. The first-order valence-electron chi connectivity index (χ1n) is 19.2. The normalized spacial score (nSPS) is 13.9. The van der Waals surface area contributed by atoms with Gasteiger partial charge in [-0.1, -0.05) is 60.7 Å². The van der Waals surface area contributed by atoms with Crippen LogP contribution in [0.25, 0.3) is 10.8 Å². The molecule has 0 aromatic heterocycles. The van der Waals surface area contributed by atoms with Gasteiger partial charge in [0.05, 0.1) is 24.8 Å². The van der Waals surface area contributed by atoms with Crippen molar-refractivity contribution in [2.24, 2.45) is 5.73 Å². The number of nitrogens with one attached hydrogen (secondary N) is 1. The summed E-state index contributed by atoms with van der Waals surface area (Å²) in [5, 5.41) is 4.82. The van der Waals surface area contributed by atoms with Crippen molar-refractivity contribution in [3.63, 3.8) is 0 Å². The molecule has 0 fully saturated rings. The fourth-order valence-electron chi connectivity index (χ4n) is 7.02. The van der Waals surface area contributed by atoms with Gasteiger partial charge < -0.3 is 35.2 Å². The number of anilines is 1. The lowest BCUT2D eigenvalue weighted by molar-refractivity contribution is -0.137. The molecule has 59 heavy (non-hydrogen) atoms. The summed E-state index contributed by atoms with van der Waals surface area (Å²) in [6.45, 7) is 0.221. The van der Waals surface area contributed by atoms with Gasteiger partial charge in [-0.05, 0) is 103 Å². The van der Waals surface area contributed by atoms with E-state index in [1.54, 1.807) is 29.2 Å². The third-order valence-corrected chi connectivity index (χ3v) is 9.94. The van der Waals surface area contributed by atoms with E-state index in [9.17, 15) is 32.3 Å². The molecular weight excluding hydrogens is 764 g/mol. The van der Waals surface area contributed by atoms with E-state index in [0.717, 1.165) is 51.9 Å². The highest BCUT2D eigenvalue weighted by molar-refractivity contribution is 6.00. The molecule has 1 unspecified atom stereocenters. The summed E-state index contributed by atoms with van der Waals surface area (Å²) in [6, 6.07) is 29.8. The monoisotopic (exact) mass is 809 g/mol. The number of hydrogen-bond acceptors (Lipinski definition) is 7. The van der Waals surface area contributed by atoms with Crippen LogP contribution in [-0.4, -0.2) is 85.3 Å². The molecule has 3 N–H and O–H groups in total. The van der Waals surface area contributed by atoms with Crippen LogP contribution in [0.3, 0.4) is 0 Å². The lowest BCUT2D eigenvalue weighted by atomic mass is 9.88. The Kier molecular flexibility index (Phi) is 13.5. The third-order valence-electron chi connectivity index (χ3n) is 9.94. The van der Waals surface area contributed by atoms with Gasteiger partial charge in [0.25, 0.3) is 11.8 Å². The number of carbonyl (C=O) groups is 4. The van der Waals surface area contributed by atoms with E-state index in [4.69, 9.17) is 15.2 Å². The standard InChI is InChI=1S/C45H46F3N5O6/c1-51(2)20-6-22-58-37-16-13-32(14-17-37)40-25-34-11-15-36(50-42(55)29-59-38-18-12-31-8-3-4-9-33(31)24-38)26-39(34)44(57)53(40)21-19-43(56)52(28-41(49)54)27-30-7-5-10-35(23-30)45(46,47)48/h3-5,7-18,23-24,26,40H,6,19-22,25,27-29H2,1-2H3,(H2,49,54)(H,50,55). The van der Waals surface area contributed by atoms with E-state index in [0.29, 0.717) is 35.8 Å². The van der Waals surface area contributed by atoms with E-state index in [2.05, 4.69) is 10.2 Å². The van der Waals surface area contributed by atoms with Gasteiger partial charge in [0.1, 0.15) is 11.5 Å². The average Bonchev–Trinajstić information content (AvgIpc) is 3.21. The van der Waals surface area contributed by atoms with Gasteiger partial charge in [0.15, 0.2) is 6.61 Å². The SMILES string of the molecule is CN(C)CCCOc1ccc(C2Cc3ccc(NC(=O)COc4ccc5ccccc5c4)cc3C(=O)N2CCC(=O)N(CC(N)=O)Cc2cccc(C(F)(F)F)c2)cc1. The minimum absolute atomic E-state index is 0.0847. The fraction of sp³-hybridized carbons (Fsp3) is 0.289. The van der Waals surface area contributed by atoms with E-state index in [1.807, 2.05) is 74.8 Å². The van der Waals surface area contributed by atoms with E-state index in [1.165, 1.54) is 12.1 Å². The van der Waals surface area contributed by atoms with Crippen molar-refractivity contribution in [3.05, 3.63) is 137 Å².